The van der Waals surface area contributed by atoms with E-state index in [2.05, 4.69) is 5.32 Å². The van der Waals surface area contributed by atoms with Crippen LogP contribution in [0.2, 0.25) is 0 Å². The first kappa shape index (κ1) is 11.0. The highest BCUT2D eigenvalue weighted by Gasteiger charge is 2.03. The fourth-order valence-electron chi connectivity index (χ4n) is 1.20. The Morgan fingerprint density at radius 2 is 2.14 bits per heavy atom. The van der Waals surface area contributed by atoms with Crippen LogP contribution in [0, 0.1) is 0 Å². The highest BCUT2D eigenvalue weighted by Crippen LogP contribution is 2.16. The summed E-state index contributed by atoms with van der Waals surface area (Å²) in [6, 6.07) is 7.97. The van der Waals surface area contributed by atoms with Crippen molar-refractivity contribution >= 4 is 0 Å². The van der Waals surface area contributed by atoms with E-state index >= 15 is 0 Å². The Morgan fingerprint density at radius 3 is 2.79 bits per heavy atom. The molecule has 0 saturated heterocycles. The van der Waals surface area contributed by atoms with Crippen molar-refractivity contribution in [1.29, 1.82) is 0 Å². The van der Waals surface area contributed by atoms with Gasteiger partial charge in [-0.1, -0.05) is 18.2 Å². The minimum absolute atomic E-state index is 0.111. The van der Waals surface area contributed by atoms with Crippen molar-refractivity contribution < 1.29 is 9.84 Å². The molecular formula is C11H17NO2. The van der Waals surface area contributed by atoms with Crippen LogP contribution in [-0.2, 0) is 6.54 Å². The minimum Gasteiger partial charge on any atom is -0.496 e. The summed E-state index contributed by atoms with van der Waals surface area (Å²) in [4.78, 5) is 0. The predicted molar refractivity (Wildman–Crippen MR) is 56.4 cm³/mol. The molecule has 0 aliphatic rings. The van der Waals surface area contributed by atoms with Gasteiger partial charge in [-0.3, -0.25) is 0 Å². The zero-order chi connectivity index (χ0) is 10.4. The normalized spacial score (nSPS) is 12.5. The maximum absolute atomic E-state index is 8.85. The van der Waals surface area contributed by atoms with Crippen molar-refractivity contribution in [2.24, 2.45) is 0 Å². The highest BCUT2D eigenvalue weighted by molar-refractivity contribution is 5.32. The number of aliphatic hydroxyl groups is 1. The molecule has 2 N–H and O–H groups in total. The quantitative estimate of drug-likeness (QED) is 0.741. The van der Waals surface area contributed by atoms with E-state index in [0.717, 1.165) is 11.3 Å². The lowest BCUT2D eigenvalue weighted by Crippen LogP contribution is -2.28. The standard InChI is InChI=1S/C11H17NO2/c1-9(8-13)12-7-10-5-3-4-6-11(10)14-2/h3-6,9,12-13H,7-8H2,1-2H3/t9-/m1/s1. The van der Waals surface area contributed by atoms with Gasteiger partial charge in [0, 0.05) is 18.2 Å². The van der Waals surface area contributed by atoms with Crippen molar-refractivity contribution in [3.05, 3.63) is 29.8 Å². The molecule has 0 aliphatic carbocycles. The average molecular weight is 195 g/mol. The summed E-state index contributed by atoms with van der Waals surface area (Å²) in [5.41, 5.74) is 1.11. The lowest BCUT2D eigenvalue weighted by atomic mass is 10.2. The largest absolute Gasteiger partial charge is 0.496 e. The van der Waals surface area contributed by atoms with E-state index in [9.17, 15) is 0 Å². The van der Waals surface area contributed by atoms with Crippen LogP contribution >= 0.6 is 0 Å². The van der Waals surface area contributed by atoms with Gasteiger partial charge >= 0.3 is 0 Å². The Kier molecular flexibility index (Phi) is 4.43. The van der Waals surface area contributed by atoms with Crippen LogP contribution in [0.25, 0.3) is 0 Å². The van der Waals surface area contributed by atoms with Gasteiger partial charge in [-0.2, -0.15) is 0 Å². The van der Waals surface area contributed by atoms with Gasteiger partial charge in [0.15, 0.2) is 0 Å². The molecule has 0 spiro atoms. The van der Waals surface area contributed by atoms with E-state index in [0.29, 0.717) is 6.54 Å². The van der Waals surface area contributed by atoms with Crippen LogP contribution in [-0.4, -0.2) is 24.9 Å². The number of benzene rings is 1. The lowest BCUT2D eigenvalue weighted by Gasteiger charge is -2.12. The lowest BCUT2D eigenvalue weighted by molar-refractivity contribution is 0.250. The molecule has 1 rings (SSSR count). The minimum atomic E-state index is 0.111. The van der Waals surface area contributed by atoms with Gasteiger partial charge < -0.3 is 15.2 Å². The zero-order valence-electron chi connectivity index (χ0n) is 8.66. The number of para-hydroxylation sites is 1. The number of hydrogen-bond acceptors (Lipinski definition) is 3. The SMILES string of the molecule is COc1ccccc1CN[C@H](C)CO. The number of hydrogen-bond donors (Lipinski definition) is 2. The van der Waals surface area contributed by atoms with Gasteiger partial charge in [0.25, 0.3) is 0 Å². The predicted octanol–water partition coefficient (Wildman–Crippen LogP) is 1.17. The van der Waals surface area contributed by atoms with Crippen molar-refractivity contribution in [2.75, 3.05) is 13.7 Å². The second-order valence-electron chi connectivity index (χ2n) is 3.28. The smallest absolute Gasteiger partial charge is 0.123 e. The Bertz CT molecular complexity index is 276. The van der Waals surface area contributed by atoms with Gasteiger partial charge in [-0.15, -0.1) is 0 Å². The molecular weight excluding hydrogens is 178 g/mol. The fraction of sp³-hybridized carbons (Fsp3) is 0.455. The summed E-state index contributed by atoms with van der Waals surface area (Å²) in [6.45, 7) is 2.80. The van der Waals surface area contributed by atoms with Crippen LogP contribution in [0.4, 0.5) is 0 Å². The number of nitrogens with one attached hydrogen (secondary N) is 1. The van der Waals surface area contributed by atoms with Crippen LogP contribution in [0.5, 0.6) is 5.75 Å². The molecule has 1 aromatic rings. The molecule has 78 valence electrons. The Balaban J connectivity index is 2.57. The highest BCUT2D eigenvalue weighted by atomic mass is 16.5. The number of methoxy groups -OCH3 is 1. The van der Waals surface area contributed by atoms with Crippen molar-refractivity contribution in [1.82, 2.24) is 5.32 Å². The van der Waals surface area contributed by atoms with Gasteiger partial charge in [0.05, 0.1) is 13.7 Å². The maximum atomic E-state index is 8.85. The molecule has 0 amide bonds. The second-order valence-corrected chi connectivity index (χ2v) is 3.28. The Morgan fingerprint density at radius 1 is 1.43 bits per heavy atom. The molecule has 1 atom stereocenters. The van der Waals surface area contributed by atoms with Gasteiger partial charge in [0.2, 0.25) is 0 Å². The first-order valence-electron chi connectivity index (χ1n) is 4.74. The monoisotopic (exact) mass is 195 g/mol. The molecule has 0 aliphatic heterocycles. The van der Waals surface area contributed by atoms with Crippen LogP contribution < -0.4 is 10.1 Å². The molecule has 1 aromatic carbocycles. The molecule has 3 heteroatoms. The fourth-order valence-corrected chi connectivity index (χ4v) is 1.20. The molecule has 0 bridgehead atoms. The van der Waals surface area contributed by atoms with E-state index in [1.807, 2.05) is 31.2 Å². The van der Waals surface area contributed by atoms with Crippen LogP contribution in [0.3, 0.4) is 0 Å². The summed E-state index contributed by atoms with van der Waals surface area (Å²) < 4.78 is 5.21. The van der Waals surface area contributed by atoms with Gasteiger partial charge in [-0.05, 0) is 13.0 Å². The van der Waals surface area contributed by atoms with E-state index in [1.54, 1.807) is 7.11 Å². The van der Waals surface area contributed by atoms with E-state index in [-0.39, 0.29) is 12.6 Å². The van der Waals surface area contributed by atoms with Crippen LogP contribution in [0.15, 0.2) is 24.3 Å². The van der Waals surface area contributed by atoms with E-state index in [4.69, 9.17) is 9.84 Å². The summed E-state index contributed by atoms with van der Waals surface area (Å²) in [6.07, 6.45) is 0. The maximum Gasteiger partial charge on any atom is 0.123 e. The molecule has 0 saturated carbocycles. The third-order valence-electron chi connectivity index (χ3n) is 2.11. The summed E-state index contributed by atoms with van der Waals surface area (Å²) >= 11 is 0. The Labute approximate surface area is 84.7 Å². The van der Waals surface area contributed by atoms with Crippen molar-refractivity contribution in [3.8, 4) is 5.75 Å². The van der Waals surface area contributed by atoms with Gasteiger partial charge in [-0.25, -0.2) is 0 Å². The van der Waals surface area contributed by atoms with Crippen LogP contribution in [0.1, 0.15) is 12.5 Å². The molecule has 0 heterocycles. The molecule has 0 aromatic heterocycles. The summed E-state index contributed by atoms with van der Waals surface area (Å²) in [5, 5.41) is 12.0. The summed E-state index contributed by atoms with van der Waals surface area (Å²) in [7, 11) is 1.66. The molecule has 14 heavy (non-hydrogen) atoms. The third-order valence-corrected chi connectivity index (χ3v) is 2.11. The van der Waals surface area contributed by atoms with Crippen molar-refractivity contribution in [2.45, 2.75) is 19.5 Å². The number of ether oxygens (including phenoxy) is 1. The van der Waals surface area contributed by atoms with Gasteiger partial charge in [0.1, 0.15) is 5.75 Å². The third kappa shape index (κ3) is 3.01. The first-order chi connectivity index (χ1) is 6.77. The Hall–Kier alpha value is -1.06. The van der Waals surface area contributed by atoms with E-state index < -0.39 is 0 Å². The van der Waals surface area contributed by atoms with Crippen molar-refractivity contribution in [3.63, 3.8) is 0 Å². The molecule has 3 nitrogen and oxygen atoms in total. The summed E-state index contributed by atoms with van der Waals surface area (Å²) in [5.74, 6) is 0.880. The molecule has 0 radical (unpaired) electrons. The molecule has 0 unspecified atom stereocenters. The molecule has 0 fully saturated rings. The number of aliphatic hydroxyl groups excluding tert-OH is 1. The first-order valence-corrected chi connectivity index (χ1v) is 4.74. The topological polar surface area (TPSA) is 41.5 Å². The van der Waals surface area contributed by atoms with E-state index in [1.165, 1.54) is 0 Å². The second kappa shape index (κ2) is 5.62. The number of rotatable bonds is 5. The zero-order valence-corrected chi connectivity index (χ0v) is 8.66. The average Bonchev–Trinajstić information content (AvgIpc) is 2.26.